The fraction of sp³-hybridized carbons (Fsp3) is 0.261. The van der Waals surface area contributed by atoms with Crippen LogP contribution in [-0.4, -0.2) is 26.0 Å². The molecule has 1 amide bonds. The second-order valence-corrected chi connectivity index (χ2v) is 8.80. The first-order valence-corrected chi connectivity index (χ1v) is 11.0. The van der Waals surface area contributed by atoms with Crippen LogP contribution in [0.2, 0.25) is 0 Å². The van der Waals surface area contributed by atoms with Crippen LogP contribution in [-0.2, 0) is 6.42 Å². The van der Waals surface area contributed by atoms with Gasteiger partial charge >= 0.3 is 0 Å². The van der Waals surface area contributed by atoms with Crippen LogP contribution < -0.4 is 5.32 Å². The van der Waals surface area contributed by atoms with E-state index in [0.29, 0.717) is 28.7 Å². The molecule has 1 aromatic carbocycles. The number of rotatable bonds is 7. The van der Waals surface area contributed by atoms with E-state index in [1.165, 1.54) is 23.5 Å². The highest BCUT2D eigenvalue weighted by atomic mass is 32.1. The number of benzene rings is 1. The molecule has 0 aliphatic heterocycles. The van der Waals surface area contributed by atoms with Crippen LogP contribution in [0.3, 0.4) is 0 Å². The van der Waals surface area contributed by atoms with E-state index in [1.54, 1.807) is 37.5 Å². The van der Waals surface area contributed by atoms with Crippen molar-refractivity contribution in [3.63, 3.8) is 0 Å². The number of carbonyl (C=O) groups is 1. The molecule has 7 nitrogen and oxygen atoms in total. The third kappa shape index (κ3) is 4.88. The van der Waals surface area contributed by atoms with E-state index in [0.717, 1.165) is 16.1 Å². The lowest BCUT2D eigenvalue weighted by atomic mass is 10.0. The summed E-state index contributed by atoms with van der Waals surface area (Å²) in [7, 11) is 0. The van der Waals surface area contributed by atoms with Crippen molar-refractivity contribution in [1.29, 1.82) is 0 Å². The summed E-state index contributed by atoms with van der Waals surface area (Å²) in [6, 6.07) is 9.45. The first-order chi connectivity index (χ1) is 15.4. The van der Waals surface area contributed by atoms with Gasteiger partial charge in [0.1, 0.15) is 16.7 Å². The van der Waals surface area contributed by atoms with Crippen molar-refractivity contribution in [2.75, 3.05) is 0 Å². The molecule has 0 saturated heterocycles. The third-order valence-electron chi connectivity index (χ3n) is 4.90. The van der Waals surface area contributed by atoms with Gasteiger partial charge in [0, 0.05) is 24.4 Å². The van der Waals surface area contributed by atoms with E-state index in [4.69, 9.17) is 4.52 Å². The van der Waals surface area contributed by atoms with E-state index in [1.807, 2.05) is 19.9 Å². The lowest BCUT2D eigenvalue weighted by Gasteiger charge is -2.18. The monoisotopic (exact) mass is 451 g/mol. The second kappa shape index (κ2) is 9.35. The summed E-state index contributed by atoms with van der Waals surface area (Å²) >= 11 is 1.33. The molecule has 3 heterocycles. The van der Waals surface area contributed by atoms with Gasteiger partial charge in [-0.2, -0.15) is 4.98 Å². The van der Waals surface area contributed by atoms with Crippen molar-refractivity contribution in [2.45, 2.75) is 33.2 Å². The van der Waals surface area contributed by atoms with Crippen LogP contribution >= 0.6 is 11.3 Å². The lowest BCUT2D eigenvalue weighted by Crippen LogP contribution is -2.32. The molecule has 4 rings (SSSR count). The zero-order valence-corrected chi connectivity index (χ0v) is 18.7. The van der Waals surface area contributed by atoms with Crippen LogP contribution in [0, 0.1) is 18.7 Å². The molecule has 164 valence electrons. The topological polar surface area (TPSA) is 93.8 Å². The van der Waals surface area contributed by atoms with E-state index in [2.05, 4.69) is 25.4 Å². The molecule has 0 saturated carbocycles. The number of aryl methyl sites for hydroxylation is 1. The molecule has 0 fully saturated rings. The number of pyridine rings is 1. The van der Waals surface area contributed by atoms with E-state index in [-0.39, 0.29) is 17.6 Å². The summed E-state index contributed by atoms with van der Waals surface area (Å²) in [6.07, 6.45) is 3.86. The number of hydrogen-bond donors (Lipinski definition) is 1. The Morgan fingerprint density at radius 2 is 1.97 bits per heavy atom. The van der Waals surface area contributed by atoms with Gasteiger partial charge in [-0.05, 0) is 42.7 Å². The van der Waals surface area contributed by atoms with Gasteiger partial charge in [-0.1, -0.05) is 31.1 Å². The minimum absolute atomic E-state index is 0.0214. The van der Waals surface area contributed by atoms with Gasteiger partial charge in [0.25, 0.3) is 5.91 Å². The van der Waals surface area contributed by atoms with E-state index in [9.17, 15) is 9.18 Å². The maximum Gasteiger partial charge on any atom is 0.263 e. The van der Waals surface area contributed by atoms with Gasteiger partial charge in [-0.3, -0.25) is 9.78 Å². The number of hydrogen-bond acceptors (Lipinski definition) is 7. The molecule has 1 atom stereocenters. The van der Waals surface area contributed by atoms with Crippen molar-refractivity contribution in [3.05, 3.63) is 81.6 Å². The number of thiazole rings is 1. The Morgan fingerprint density at radius 1 is 1.19 bits per heavy atom. The Hall–Kier alpha value is -3.46. The van der Waals surface area contributed by atoms with E-state index < -0.39 is 6.04 Å². The Kier molecular flexibility index (Phi) is 6.36. The predicted molar refractivity (Wildman–Crippen MR) is 119 cm³/mol. The Morgan fingerprint density at radius 3 is 2.66 bits per heavy atom. The van der Waals surface area contributed by atoms with Gasteiger partial charge in [-0.15, -0.1) is 11.3 Å². The normalized spacial score (nSPS) is 12.2. The van der Waals surface area contributed by atoms with E-state index >= 15 is 0 Å². The number of amides is 1. The van der Waals surface area contributed by atoms with Crippen LogP contribution in [0.4, 0.5) is 4.39 Å². The molecule has 0 aliphatic rings. The average Bonchev–Trinajstić information content (AvgIpc) is 3.41. The second-order valence-electron chi connectivity index (χ2n) is 7.72. The SMILES string of the molecule is Cc1nc(Cc2ccc(F)cc2)sc1C(=O)N[C@@H](c1nc(-c2cccnc2)no1)C(C)C. The maximum atomic E-state index is 13.1. The maximum absolute atomic E-state index is 13.1. The number of nitrogens with zero attached hydrogens (tertiary/aromatic N) is 4. The highest BCUT2D eigenvalue weighted by Gasteiger charge is 2.27. The summed E-state index contributed by atoms with van der Waals surface area (Å²) in [6.45, 7) is 5.74. The van der Waals surface area contributed by atoms with Gasteiger partial charge < -0.3 is 9.84 Å². The van der Waals surface area contributed by atoms with Crippen molar-refractivity contribution >= 4 is 17.2 Å². The highest BCUT2D eigenvalue weighted by Crippen LogP contribution is 2.26. The summed E-state index contributed by atoms with van der Waals surface area (Å²) in [5, 5.41) is 7.83. The standard InChI is InChI=1S/C23H22FN5O2S/c1-13(2)19(23-28-21(29-31-23)16-5-4-10-25-12-16)27-22(30)20-14(3)26-18(32-20)11-15-6-8-17(24)9-7-15/h4-10,12-13,19H,11H2,1-3H3,(H,27,30)/t19-/m1/s1. The Balaban J connectivity index is 1.51. The zero-order valence-electron chi connectivity index (χ0n) is 17.9. The first-order valence-electron chi connectivity index (χ1n) is 10.2. The predicted octanol–water partition coefficient (Wildman–Crippen LogP) is 4.75. The van der Waals surface area contributed by atoms with Crippen LogP contribution in [0.1, 0.15) is 51.7 Å². The van der Waals surface area contributed by atoms with Crippen molar-refractivity contribution in [2.24, 2.45) is 5.92 Å². The zero-order chi connectivity index (χ0) is 22.7. The molecule has 9 heteroatoms. The molecule has 0 unspecified atom stereocenters. The van der Waals surface area contributed by atoms with Crippen molar-refractivity contribution in [1.82, 2.24) is 25.4 Å². The van der Waals surface area contributed by atoms with Crippen LogP contribution in [0.5, 0.6) is 0 Å². The number of aromatic nitrogens is 4. The molecule has 4 aromatic rings. The third-order valence-corrected chi connectivity index (χ3v) is 6.05. The quantitative estimate of drug-likeness (QED) is 0.436. The van der Waals surface area contributed by atoms with Crippen LogP contribution in [0.15, 0.2) is 53.3 Å². The van der Waals surface area contributed by atoms with Crippen molar-refractivity contribution < 1.29 is 13.7 Å². The summed E-state index contributed by atoms with van der Waals surface area (Å²) in [5.41, 5.74) is 2.31. The van der Waals surface area contributed by atoms with Crippen molar-refractivity contribution in [3.8, 4) is 11.4 Å². The summed E-state index contributed by atoms with van der Waals surface area (Å²) in [4.78, 5) is 26.6. The Bertz CT molecular complexity index is 1200. The Labute approximate surface area is 188 Å². The number of nitrogens with one attached hydrogen (secondary N) is 1. The highest BCUT2D eigenvalue weighted by molar-refractivity contribution is 7.13. The van der Waals surface area contributed by atoms with Crippen LogP contribution in [0.25, 0.3) is 11.4 Å². The summed E-state index contributed by atoms with van der Waals surface area (Å²) < 4.78 is 18.6. The molecule has 32 heavy (non-hydrogen) atoms. The molecular weight excluding hydrogens is 429 g/mol. The molecule has 0 spiro atoms. The molecule has 0 radical (unpaired) electrons. The molecular formula is C23H22FN5O2S. The number of carbonyl (C=O) groups excluding carboxylic acids is 1. The fourth-order valence-corrected chi connectivity index (χ4v) is 4.21. The average molecular weight is 452 g/mol. The van der Waals surface area contributed by atoms with Gasteiger partial charge in [-0.25, -0.2) is 9.37 Å². The largest absolute Gasteiger partial charge is 0.339 e. The molecule has 0 aliphatic carbocycles. The minimum atomic E-state index is -0.456. The minimum Gasteiger partial charge on any atom is -0.339 e. The first kappa shape index (κ1) is 21.8. The molecule has 3 aromatic heterocycles. The number of halogens is 1. The summed E-state index contributed by atoms with van der Waals surface area (Å²) in [5.74, 6) is 0.249. The fourth-order valence-electron chi connectivity index (χ4n) is 3.21. The molecule has 0 bridgehead atoms. The van der Waals surface area contributed by atoms with Gasteiger partial charge in [0.2, 0.25) is 11.7 Å². The molecule has 1 N–H and O–H groups in total. The lowest BCUT2D eigenvalue weighted by molar-refractivity contribution is 0.0917. The van der Waals surface area contributed by atoms with Gasteiger partial charge in [0.15, 0.2) is 0 Å². The van der Waals surface area contributed by atoms with Gasteiger partial charge in [0.05, 0.1) is 10.7 Å². The smallest absolute Gasteiger partial charge is 0.263 e.